The third-order valence-corrected chi connectivity index (χ3v) is 5.15. The maximum atomic E-state index is 6.50. The van der Waals surface area contributed by atoms with Crippen molar-refractivity contribution in [2.24, 2.45) is 16.9 Å². The van der Waals surface area contributed by atoms with Crippen LogP contribution in [0.2, 0.25) is 0 Å². The Morgan fingerprint density at radius 1 is 1.06 bits per heavy atom. The standard InChI is InChI=1S/C16H24N2/c17-11-16(8-3-9-16)15(18)14-7-6-12-4-1-2-5-13(12)10-14/h6-7,10,15H,1-5,8-9,11,17-18H2. The largest absolute Gasteiger partial charge is 0.330 e. The lowest BCUT2D eigenvalue weighted by molar-refractivity contribution is 0.104. The molecule has 2 nitrogen and oxygen atoms in total. The summed E-state index contributed by atoms with van der Waals surface area (Å²) in [4.78, 5) is 0. The van der Waals surface area contributed by atoms with Crippen molar-refractivity contribution >= 4 is 0 Å². The smallest absolute Gasteiger partial charge is 0.0364 e. The molecule has 4 N–H and O–H groups in total. The fourth-order valence-electron chi connectivity index (χ4n) is 3.57. The van der Waals surface area contributed by atoms with Crippen molar-refractivity contribution in [1.29, 1.82) is 0 Å². The molecule has 0 spiro atoms. The number of benzene rings is 1. The molecular formula is C16H24N2. The van der Waals surface area contributed by atoms with Crippen LogP contribution >= 0.6 is 0 Å². The van der Waals surface area contributed by atoms with E-state index in [9.17, 15) is 0 Å². The minimum absolute atomic E-state index is 0.128. The van der Waals surface area contributed by atoms with Crippen molar-refractivity contribution < 1.29 is 0 Å². The lowest BCUT2D eigenvalue weighted by Crippen LogP contribution is -2.46. The number of aryl methyl sites for hydroxylation is 2. The van der Waals surface area contributed by atoms with Crippen molar-refractivity contribution in [3.8, 4) is 0 Å². The van der Waals surface area contributed by atoms with Gasteiger partial charge in [0.25, 0.3) is 0 Å². The molecule has 1 unspecified atom stereocenters. The van der Waals surface area contributed by atoms with Crippen LogP contribution in [0.15, 0.2) is 18.2 Å². The average Bonchev–Trinajstić information content (AvgIpc) is 2.37. The van der Waals surface area contributed by atoms with Gasteiger partial charge >= 0.3 is 0 Å². The summed E-state index contributed by atoms with van der Waals surface area (Å²) in [5, 5.41) is 0. The molecule has 1 aromatic carbocycles. The highest BCUT2D eigenvalue weighted by atomic mass is 14.8. The Kier molecular flexibility index (Phi) is 3.16. The molecule has 18 heavy (non-hydrogen) atoms. The van der Waals surface area contributed by atoms with Crippen molar-refractivity contribution in [2.45, 2.75) is 51.0 Å². The van der Waals surface area contributed by atoms with Crippen LogP contribution < -0.4 is 11.5 Å². The van der Waals surface area contributed by atoms with Gasteiger partial charge in [-0.05, 0) is 61.8 Å². The molecule has 2 heteroatoms. The number of hydrogen-bond acceptors (Lipinski definition) is 2. The first-order chi connectivity index (χ1) is 8.75. The van der Waals surface area contributed by atoms with Crippen molar-refractivity contribution in [2.75, 3.05) is 6.54 Å². The predicted molar refractivity (Wildman–Crippen MR) is 75.4 cm³/mol. The zero-order valence-corrected chi connectivity index (χ0v) is 11.1. The number of rotatable bonds is 3. The molecule has 0 radical (unpaired) electrons. The Labute approximate surface area is 110 Å². The Morgan fingerprint density at radius 2 is 1.78 bits per heavy atom. The summed E-state index contributed by atoms with van der Waals surface area (Å²) >= 11 is 0. The van der Waals surface area contributed by atoms with E-state index in [0.717, 1.165) is 6.54 Å². The van der Waals surface area contributed by atoms with Gasteiger partial charge in [0.1, 0.15) is 0 Å². The number of hydrogen-bond donors (Lipinski definition) is 2. The maximum Gasteiger partial charge on any atom is 0.0364 e. The van der Waals surface area contributed by atoms with Crippen molar-refractivity contribution in [3.05, 3.63) is 34.9 Å². The van der Waals surface area contributed by atoms with E-state index < -0.39 is 0 Å². The molecule has 0 aromatic heterocycles. The molecule has 0 heterocycles. The normalized spacial score (nSPS) is 23.0. The monoisotopic (exact) mass is 244 g/mol. The van der Waals surface area contributed by atoms with E-state index in [1.807, 2.05) is 0 Å². The Hall–Kier alpha value is -0.860. The third-order valence-electron chi connectivity index (χ3n) is 5.15. The molecule has 1 aromatic rings. The highest BCUT2D eigenvalue weighted by Gasteiger charge is 2.41. The first-order valence-corrected chi connectivity index (χ1v) is 7.32. The van der Waals surface area contributed by atoms with Gasteiger partial charge in [0.15, 0.2) is 0 Å². The highest BCUT2D eigenvalue weighted by molar-refractivity contribution is 5.36. The zero-order chi connectivity index (χ0) is 12.6. The van der Waals surface area contributed by atoms with Gasteiger partial charge < -0.3 is 11.5 Å². The molecule has 1 saturated carbocycles. The first kappa shape index (κ1) is 12.2. The van der Waals surface area contributed by atoms with E-state index in [1.54, 1.807) is 0 Å². The van der Waals surface area contributed by atoms with Gasteiger partial charge in [-0.25, -0.2) is 0 Å². The van der Waals surface area contributed by atoms with Crippen LogP contribution in [0.1, 0.15) is 54.8 Å². The Morgan fingerprint density at radius 3 is 2.39 bits per heavy atom. The molecule has 0 amide bonds. The van der Waals surface area contributed by atoms with Crippen LogP contribution in [0.25, 0.3) is 0 Å². The van der Waals surface area contributed by atoms with Crippen LogP contribution in [-0.2, 0) is 12.8 Å². The van der Waals surface area contributed by atoms with Gasteiger partial charge in [-0.2, -0.15) is 0 Å². The topological polar surface area (TPSA) is 52.0 Å². The van der Waals surface area contributed by atoms with E-state index in [-0.39, 0.29) is 11.5 Å². The molecule has 0 saturated heterocycles. The molecule has 0 bridgehead atoms. The van der Waals surface area contributed by atoms with Gasteiger partial charge in [0.2, 0.25) is 0 Å². The molecule has 2 aliphatic rings. The van der Waals surface area contributed by atoms with Crippen molar-refractivity contribution in [1.82, 2.24) is 0 Å². The van der Waals surface area contributed by atoms with Crippen molar-refractivity contribution in [3.63, 3.8) is 0 Å². The van der Waals surface area contributed by atoms with E-state index in [0.29, 0.717) is 0 Å². The second-order valence-corrected chi connectivity index (χ2v) is 6.13. The fraction of sp³-hybridized carbons (Fsp3) is 0.625. The minimum atomic E-state index is 0.128. The van der Waals surface area contributed by atoms with Crippen LogP contribution in [0.4, 0.5) is 0 Å². The predicted octanol–water partition coefficient (Wildman–Crippen LogP) is 2.69. The zero-order valence-electron chi connectivity index (χ0n) is 11.1. The van der Waals surface area contributed by atoms with Crippen LogP contribution in [0.5, 0.6) is 0 Å². The Balaban J connectivity index is 1.87. The summed E-state index contributed by atoms with van der Waals surface area (Å²) in [7, 11) is 0. The van der Waals surface area contributed by atoms with Gasteiger partial charge in [-0.3, -0.25) is 0 Å². The second-order valence-electron chi connectivity index (χ2n) is 6.13. The SMILES string of the molecule is NCC1(C(N)c2ccc3c(c2)CCCC3)CCC1. The van der Waals surface area contributed by atoms with Gasteiger partial charge in [-0.15, -0.1) is 0 Å². The molecular weight excluding hydrogens is 220 g/mol. The summed E-state index contributed by atoms with van der Waals surface area (Å²) in [6, 6.07) is 7.02. The van der Waals surface area contributed by atoms with Gasteiger partial charge in [0, 0.05) is 11.5 Å². The summed E-state index contributed by atoms with van der Waals surface area (Å²) in [5.74, 6) is 0. The molecule has 98 valence electrons. The third kappa shape index (κ3) is 1.88. The number of nitrogens with two attached hydrogens (primary N) is 2. The van der Waals surface area contributed by atoms with E-state index in [4.69, 9.17) is 11.5 Å². The summed E-state index contributed by atoms with van der Waals surface area (Å²) in [5.41, 5.74) is 17.0. The molecule has 0 aliphatic heterocycles. The van der Waals surface area contributed by atoms with Gasteiger partial charge in [-0.1, -0.05) is 24.6 Å². The quantitative estimate of drug-likeness (QED) is 0.859. The van der Waals surface area contributed by atoms with Crippen LogP contribution in [-0.4, -0.2) is 6.54 Å². The van der Waals surface area contributed by atoms with Crippen LogP contribution in [0, 0.1) is 5.41 Å². The fourth-order valence-corrected chi connectivity index (χ4v) is 3.57. The first-order valence-electron chi connectivity index (χ1n) is 7.32. The lowest BCUT2D eigenvalue weighted by atomic mass is 9.62. The lowest BCUT2D eigenvalue weighted by Gasteiger charge is -2.46. The Bertz CT molecular complexity index is 429. The summed E-state index contributed by atoms with van der Waals surface area (Å²) < 4.78 is 0. The molecule has 1 fully saturated rings. The van der Waals surface area contributed by atoms with E-state index >= 15 is 0 Å². The summed E-state index contributed by atoms with van der Waals surface area (Å²) in [6.07, 6.45) is 8.82. The molecule has 3 rings (SSSR count). The maximum absolute atomic E-state index is 6.50. The summed E-state index contributed by atoms with van der Waals surface area (Å²) in [6.45, 7) is 0.727. The molecule has 1 atom stereocenters. The second kappa shape index (κ2) is 4.67. The molecule has 2 aliphatic carbocycles. The van der Waals surface area contributed by atoms with E-state index in [1.165, 1.54) is 61.6 Å². The van der Waals surface area contributed by atoms with E-state index in [2.05, 4.69) is 18.2 Å². The van der Waals surface area contributed by atoms with Gasteiger partial charge in [0.05, 0.1) is 0 Å². The van der Waals surface area contributed by atoms with Crippen LogP contribution in [0.3, 0.4) is 0 Å². The highest BCUT2D eigenvalue weighted by Crippen LogP contribution is 2.48. The minimum Gasteiger partial charge on any atom is -0.330 e. The average molecular weight is 244 g/mol. The number of fused-ring (bicyclic) bond motifs is 1.